The van der Waals surface area contributed by atoms with Crippen LogP contribution in [0.2, 0.25) is 0 Å². The van der Waals surface area contributed by atoms with E-state index in [2.05, 4.69) is 10.3 Å². The van der Waals surface area contributed by atoms with Crippen LogP contribution >= 0.6 is 0 Å². The van der Waals surface area contributed by atoms with Gasteiger partial charge in [-0.3, -0.25) is 15.1 Å². The van der Waals surface area contributed by atoms with Gasteiger partial charge in [0.2, 0.25) is 0 Å². The van der Waals surface area contributed by atoms with Crippen LogP contribution in [0.1, 0.15) is 45.1 Å². The smallest absolute Gasteiger partial charge is 0.412 e. The monoisotopic (exact) mass is 370 g/mol. The lowest BCUT2D eigenvalue weighted by Gasteiger charge is -2.20. The molecule has 1 aromatic carbocycles. The van der Waals surface area contributed by atoms with E-state index in [1.165, 1.54) is 0 Å². The number of carbonyl (C=O) groups is 2. The molecular formula is C21H26N2O4. The van der Waals surface area contributed by atoms with E-state index < -0.39 is 11.7 Å². The number of benzene rings is 1. The first-order chi connectivity index (χ1) is 12.6. The first kappa shape index (κ1) is 20.4. The molecule has 0 fully saturated rings. The van der Waals surface area contributed by atoms with E-state index in [0.717, 1.165) is 11.1 Å². The van der Waals surface area contributed by atoms with Gasteiger partial charge in [0.1, 0.15) is 17.0 Å². The van der Waals surface area contributed by atoms with Gasteiger partial charge < -0.3 is 9.47 Å². The maximum atomic E-state index is 12.5. The number of amides is 1. The van der Waals surface area contributed by atoms with Gasteiger partial charge in [-0.1, -0.05) is 26.0 Å². The summed E-state index contributed by atoms with van der Waals surface area (Å²) in [5.41, 5.74) is 1.49. The number of hydrogen-bond acceptors (Lipinski definition) is 5. The number of carbonyl (C=O) groups excluding carboxylic acids is 2. The molecule has 0 saturated carbocycles. The number of pyridine rings is 1. The zero-order valence-electron chi connectivity index (χ0n) is 16.6. The Labute approximate surface area is 159 Å². The second-order valence-corrected chi connectivity index (χ2v) is 7.50. The fourth-order valence-electron chi connectivity index (χ4n) is 2.40. The van der Waals surface area contributed by atoms with Crippen LogP contribution in [0.3, 0.4) is 0 Å². The molecule has 0 radical (unpaired) electrons. The normalized spacial score (nSPS) is 11.2. The van der Waals surface area contributed by atoms with Crippen molar-refractivity contribution in [2.45, 2.75) is 40.2 Å². The zero-order chi connectivity index (χ0) is 20.2. The standard InChI is InChI=1S/C21H26N2O4/c1-13(2)19(24)18-17(23-20(25)27-21(3,4)5)11-15(12-22-18)14-8-7-9-16(10-14)26-6/h7-13H,1-6H3,(H,23,25). The minimum absolute atomic E-state index is 0.154. The average Bonchev–Trinajstić information content (AvgIpc) is 2.59. The quantitative estimate of drug-likeness (QED) is 0.754. The fourth-order valence-corrected chi connectivity index (χ4v) is 2.40. The van der Waals surface area contributed by atoms with Crippen LogP contribution in [0.4, 0.5) is 10.5 Å². The molecule has 0 bridgehead atoms. The summed E-state index contributed by atoms with van der Waals surface area (Å²) < 4.78 is 10.6. The number of aromatic nitrogens is 1. The maximum absolute atomic E-state index is 12.5. The summed E-state index contributed by atoms with van der Waals surface area (Å²) in [6, 6.07) is 9.19. The highest BCUT2D eigenvalue weighted by Gasteiger charge is 2.22. The third-order valence-corrected chi connectivity index (χ3v) is 3.68. The number of hydrogen-bond donors (Lipinski definition) is 1. The van der Waals surface area contributed by atoms with E-state index in [1.807, 2.05) is 24.3 Å². The molecule has 144 valence electrons. The van der Waals surface area contributed by atoms with E-state index >= 15 is 0 Å². The SMILES string of the molecule is COc1cccc(-c2cnc(C(=O)C(C)C)c(NC(=O)OC(C)(C)C)c2)c1. The third kappa shape index (κ3) is 5.54. The highest BCUT2D eigenvalue weighted by atomic mass is 16.6. The van der Waals surface area contributed by atoms with Crippen molar-refractivity contribution in [3.8, 4) is 16.9 Å². The molecule has 1 heterocycles. The fraction of sp³-hybridized carbons (Fsp3) is 0.381. The van der Waals surface area contributed by atoms with Crippen molar-refractivity contribution in [2.24, 2.45) is 5.92 Å². The van der Waals surface area contributed by atoms with Crippen molar-refractivity contribution >= 4 is 17.6 Å². The highest BCUT2D eigenvalue weighted by molar-refractivity contribution is 6.03. The third-order valence-electron chi connectivity index (χ3n) is 3.68. The summed E-state index contributed by atoms with van der Waals surface area (Å²) in [6.07, 6.45) is 0.981. The molecule has 0 atom stereocenters. The molecule has 0 aliphatic carbocycles. The molecule has 2 aromatic rings. The summed E-state index contributed by atoms with van der Waals surface area (Å²) in [5.74, 6) is 0.300. The highest BCUT2D eigenvalue weighted by Crippen LogP contribution is 2.28. The van der Waals surface area contributed by atoms with E-state index in [-0.39, 0.29) is 17.4 Å². The van der Waals surface area contributed by atoms with Crippen LogP contribution < -0.4 is 10.1 Å². The molecule has 27 heavy (non-hydrogen) atoms. The number of ether oxygens (including phenoxy) is 2. The summed E-state index contributed by atoms with van der Waals surface area (Å²) in [7, 11) is 1.59. The summed E-state index contributed by atoms with van der Waals surface area (Å²) >= 11 is 0. The Kier molecular flexibility index (Phi) is 6.20. The number of rotatable bonds is 5. The van der Waals surface area contributed by atoms with Crippen molar-refractivity contribution in [1.29, 1.82) is 0 Å². The van der Waals surface area contributed by atoms with Crippen molar-refractivity contribution in [3.05, 3.63) is 42.2 Å². The molecule has 1 amide bonds. The number of methoxy groups -OCH3 is 1. The van der Waals surface area contributed by atoms with Crippen LogP contribution in [0.5, 0.6) is 5.75 Å². The Hall–Kier alpha value is -2.89. The van der Waals surface area contributed by atoms with E-state index in [4.69, 9.17) is 9.47 Å². The Morgan fingerprint density at radius 1 is 1.11 bits per heavy atom. The minimum atomic E-state index is -0.649. The Balaban J connectivity index is 2.45. The van der Waals surface area contributed by atoms with Crippen LogP contribution in [-0.4, -0.2) is 29.6 Å². The second kappa shape index (κ2) is 8.20. The topological polar surface area (TPSA) is 77.5 Å². The van der Waals surface area contributed by atoms with Crippen molar-refractivity contribution < 1.29 is 19.1 Å². The second-order valence-electron chi connectivity index (χ2n) is 7.50. The average molecular weight is 370 g/mol. The Morgan fingerprint density at radius 3 is 2.41 bits per heavy atom. The van der Waals surface area contributed by atoms with Crippen molar-refractivity contribution in [2.75, 3.05) is 12.4 Å². The Morgan fingerprint density at radius 2 is 1.81 bits per heavy atom. The van der Waals surface area contributed by atoms with Crippen LogP contribution in [0.25, 0.3) is 11.1 Å². The van der Waals surface area contributed by atoms with Crippen LogP contribution in [0.15, 0.2) is 36.5 Å². The van der Waals surface area contributed by atoms with Crippen molar-refractivity contribution in [3.63, 3.8) is 0 Å². The summed E-state index contributed by atoms with van der Waals surface area (Å²) in [5, 5.41) is 2.67. The lowest BCUT2D eigenvalue weighted by Crippen LogP contribution is -2.28. The number of ketones is 1. The largest absolute Gasteiger partial charge is 0.497 e. The predicted molar refractivity (Wildman–Crippen MR) is 105 cm³/mol. The van der Waals surface area contributed by atoms with Crippen molar-refractivity contribution in [1.82, 2.24) is 4.98 Å². The van der Waals surface area contributed by atoms with Gasteiger partial charge in [0.05, 0.1) is 12.8 Å². The summed E-state index contributed by atoms with van der Waals surface area (Å²) in [6.45, 7) is 8.90. The molecule has 0 spiro atoms. The van der Waals surface area contributed by atoms with Crippen LogP contribution in [-0.2, 0) is 4.74 Å². The van der Waals surface area contributed by atoms with Gasteiger partial charge in [-0.05, 0) is 44.5 Å². The molecule has 6 heteroatoms. The molecular weight excluding hydrogens is 344 g/mol. The van der Waals surface area contributed by atoms with E-state index in [1.54, 1.807) is 54.0 Å². The predicted octanol–water partition coefficient (Wildman–Crippen LogP) is 4.94. The molecule has 0 aliphatic heterocycles. The zero-order valence-corrected chi connectivity index (χ0v) is 16.6. The molecule has 6 nitrogen and oxygen atoms in total. The Bertz CT molecular complexity index is 838. The number of Topliss-reactive ketones (excluding diaryl/α,β-unsaturated/α-hetero) is 1. The molecule has 1 aromatic heterocycles. The minimum Gasteiger partial charge on any atom is -0.497 e. The van der Waals surface area contributed by atoms with Gasteiger partial charge in [0.25, 0.3) is 0 Å². The van der Waals surface area contributed by atoms with Gasteiger partial charge in [-0.25, -0.2) is 4.79 Å². The van der Waals surface area contributed by atoms with Gasteiger partial charge >= 0.3 is 6.09 Å². The van der Waals surface area contributed by atoms with Gasteiger partial charge in [-0.2, -0.15) is 0 Å². The molecule has 2 rings (SSSR count). The molecule has 0 aliphatic rings. The summed E-state index contributed by atoms with van der Waals surface area (Å²) in [4.78, 5) is 29.1. The van der Waals surface area contributed by atoms with Crippen LogP contribution in [0, 0.1) is 5.92 Å². The van der Waals surface area contributed by atoms with E-state index in [0.29, 0.717) is 11.4 Å². The maximum Gasteiger partial charge on any atom is 0.412 e. The van der Waals surface area contributed by atoms with Gasteiger partial charge in [-0.15, -0.1) is 0 Å². The van der Waals surface area contributed by atoms with Gasteiger partial charge in [0.15, 0.2) is 5.78 Å². The van der Waals surface area contributed by atoms with E-state index in [9.17, 15) is 9.59 Å². The molecule has 0 unspecified atom stereocenters. The lowest BCUT2D eigenvalue weighted by molar-refractivity contribution is 0.0636. The first-order valence-electron chi connectivity index (χ1n) is 8.79. The first-order valence-corrected chi connectivity index (χ1v) is 8.79. The number of nitrogens with zero attached hydrogens (tertiary/aromatic N) is 1. The number of nitrogens with one attached hydrogen (secondary N) is 1. The molecule has 1 N–H and O–H groups in total. The lowest BCUT2D eigenvalue weighted by atomic mass is 10.0. The number of anilines is 1. The molecule has 0 saturated heterocycles. The van der Waals surface area contributed by atoms with Gasteiger partial charge in [0, 0.05) is 17.7 Å².